The van der Waals surface area contributed by atoms with Crippen LogP contribution < -0.4 is 16.5 Å². The van der Waals surface area contributed by atoms with Gasteiger partial charge in [0, 0.05) is 26.2 Å². The maximum absolute atomic E-state index is 6.16. The fourth-order valence-corrected chi connectivity index (χ4v) is 2.22. The normalized spacial score (nSPS) is 17.4. The van der Waals surface area contributed by atoms with Gasteiger partial charge in [0.25, 0.3) is 0 Å². The molecule has 0 bridgehead atoms. The highest BCUT2D eigenvalue weighted by molar-refractivity contribution is 6.33. The molecule has 2 rings (SSSR count). The molecule has 0 aromatic heterocycles. The van der Waals surface area contributed by atoms with E-state index < -0.39 is 0 Å². The second-order valence-corrected chi connectivity index (χ2v) is 4.32. The molecule has 1 fully saturated rings. The summed E-state index contributed by atoms with van der Waals surface area (Å²) in [5.74, 6) is 5.55. The van der Waals surface area contributed by atoms with Gasteiger partial charge in [-0.3, -0.25) is 0 Å². The number of benzene rings is 1. The van der Waals surface area contributed by atoms with E-state index in [-0.39, 0.29) is 0 Å². The summed E-state index contributed by atoms with van der Waals surface area (Å²) in [5.41, 5.74) is 6.73. The van der Waals surface area contributed by atoms with Gasteiger partial charge >= 0.3 is 0 Å². The molecule has 5 nitrogen and oxygen atoms in total. The second-order valence-electron chi connectivity index (χ2n) is 3.91. The smallest absolute Gasteiger partial charge is 0.213 e. The van der Waals surface area contributed by atoms with Crippen molar-refractivity contribution >= 4 is 23.2 Å². The molecule has 17 heavy (non-hydrogen) atoms. The molecule has 0 unspecified atom stereocenters. The molecular weight excluding hydrogens is 238 g/mol. The largest absolute Gasteiger partial charge is 0.368 e. The number of anilines is 1. The standard InChI is InChI=1S/C11H16ClN5/c12-9-3-1-2-4-10(9)16-5-7-17(8-6-16)11(13)15-14/h1-4H,5-8,14H2,(H2,13,15). The van der Waals surface area contributed by atoms with Gasteiger partial charge in [0.2, 0.25) is 5.96 Å². The third kappa shape index (κ3) is 2.55. The first-order valence-electron chi connectivity index (χ1n) is 5.50. The Morgan fingerprint density at radius 2 is 1.82 bits per heavy atom. The van der Waals surface area contributed by atoms with Crippen molar-refractivity contribution in [3.8, 4) is 0 Å². The topological polar surface area (TPSA) is 70.9 Å². The number of halogens is 1. The summed E-state index contributed by atoms with van der Waals surface area (Å²) in [6, 6.07) is 7.85. The Bertz CT molecular complexity index is 412. The Morgan fingerprint density at radius 3 is 2.41 bits per heavy atom. The minimum atomic E-state index is 0.392. The minimum Gasteiger partial charge on any atom is -0.368 e. The van der Waals surface area contributed by atoms with Crippen LogP contribution in [0.15, 0.2) is 29.4 Å². The summed E-state index contributed by atoms with van der Waals surface area (Å²) < 4.78 is 0. The number of hydrogen-bond donors (Lipinski definition) is 2. The van der Waals surface area contributed by atoms with Gasteiger partial charge in [-0.2, -0.15) is 0 Å². The van der Waals surface area contributed by atoms with Gasteiger partial charge in [-0.1, -0.05) is 23.7 Å². The van der Waals surface area contributed by atoms with Crippen LogP contribution in [0.5, 0.6) is 0 Å². The van der Waals surface area contributed by atoms with Crippen molar-refractivity contribution in [1.29, 1.82) is 0 Å². The van der Waals surface area contributed by atoms with Crippen LogP contribution in [0.2, 0.25) is 5.02 Å². The lowest BCUT2D eigenvalue weighted by Gasteiger charge is -2.36. The molecule has 6 heteroatoms. The number of rotatable bonds is 1. The monoisotopic (exact) mass is 253 g/mol. The molecule has 1 aliphatic rings. The van der Waals surface area contributed by atoms with Gasteiger partial charge in [0.05, 0.1) is 10.7 Å². The van der Waals surface area contributed by atoms with Crippen molar-refractivity contribution < 1.29 is 0 Å². The molecule has 0 amide bonds. The Balaban J connectivity index is 2.03. The first-order valence-corrected chi connectivity index (χ1v) is 5.88. The molecule has 0 aliphatic carbocycles. The molecule has 1 saturated heterocycles. The van der Waals surface area contributed by atoms with Crippen molar-refractivity contribution in [1.82, 2.24) is 4.90 Å². The van der Waals surface area contributed by atoms with Crippen LogP contribution in [0.25, 0.3) is 0 Å². The van der Waals surface area contributed by atoms with E-state index in [0.717, 1.165) is 36.9 Å². The van der Waals surface area contributed by atoms with E-state index in [2.05, 4.69) is 10.0 Å². The molecule has 0 radical (unpaired) electrons. The number of nitrogens with two attached hydrogens (primary N) is 2. The van der Waals surface area contributed by atoms with E-state index in [4.69, 9.17) is 23.2 Å². The molecule has 4 N–H and O–H groups in total. The fraction of sp³-hybridized carbons (Fsp3) is 0.364. The van der Waals surface area contributed by atoms with Crippen LogP contribution >= 0.6 is 11.6 Å². The van der Waals surface area contributed by atoms with Gasteiger partial charge in [-0.05, 0) is 12.1 Å². The van der Waals surface area contributed by atoms with Gasteiger partial charge in [-0.15, -0.1) is 5.10 Å². The first kappa shape index (κ1) is 11.9. The Kier molecular flexibility index (Phi) is 3.58. The number of nitrogens with zero attached hydrogens (tertiary/aromatic N) is 3. The van der Waals surface area contributed by atoms with E-state index in [1.54, 1.807) is 0 Å². The van der Waals surface area contributed by atoms with Crippen LogP contribution in [-0.2, 0) is 0 Å². The lowest BCUT2D eigenvalue weighted by Crippen LogP contribution is -2.51. The molecule has 0 saturated carbocycles. The second kappa shape index (κ2) is 5.14. The SMILES string of the molecule is NN=C(N)N1CCN(c2ccccc2Cl)CC1. The molecule has 0 atom stereocenters. The summed E-state index contributed by atoms with van der Waals surface area (Å²) in [5, 5.41) is 4.28. The Labute approximate surface area is 106 Å². The fourth-order valence-electron chi connectivity index (χ4n) is 1.97. The summed E-state index contributed by atoms with van der Waals surface area (Å²) in [7, 11) is 0. The van der Waals surface area contributed by atoms with E-state index in [9.17, 15) is 0 Å². The van der Waals surface area contributed by atoms with Crippen molar-refractivity contribution in [2.75, 3.05) is 31.1 Å². The van der Waals surface area contributed by atoms with E-state index in [1.807, 2.05) is 29.2 Å². The van der Waals surface area contributed by atoms with E-state index >= 15 is 0 Å². The highest BCUT2D eigenvalue weighted by atomic mass is 35.5. The van der Waals surface area contributed by atoms with Gasteiger partial charge < -0.3 is 21.4 Å². The molecule has 1 heterocycles. The van der Waals surface area contributed by atoms with Gasteiger partial charge in [0.15, 0.2) is 0 Å². The average molecular weight is 254 g/mol. The average Bonchev–Trinajstić information content (AvgIpc) is 2.39. The molecule has 1 aromatic carbocycles. The zero-order valence-corrected chi connectivity index (χ0v) is 10.3. The highest BCUT2D eigenvalue weighted by Gasteiger charge is 2.19. The molecule has 92 valence electrons. The zero-order chi connectivity index (χ0) is 12.3. The van der Waals surface area contributed by atoms with Crippen molar-refractivity contribution in [3.63, 3.8) is 0 Å². The Hall–Kier alpha value is -1.62. The molecular formula is C11H16ClN5. The van der Waals surface area contributed by atoms with Crippen molar-refractivity contribution in [2.24, 2.45) is 16.7 Å². The lowest BCUT2D eigenvalue weighted by molar-refractivity contribution is 0.381. The molecule has 1 aromatic rings. The molecule has 1 aliphatic heterocycles. The number of para-hydroxylation sites is 1. The summed E-state index contributed by atoms with van der Waals surface area (Å²) >= 11 is 6.16. The lowest BCUT2D eigenvalue weighted by atomic mass is 10.2. The summed E-state index contributed by atoms with van der Waals surface area (Å²) in [6.07, 6.45) is 0. The minimum absolute atomic E-state index is 0.392. The van der Waals surface area contributed by atoms with E-state index in [0.29, 0.717) is 5.96 Å². The van der Waals surface area contributed by atoms with Crippen LogP contribution in [0.3, 0.4) is 0 Å². The predicted molar refractivity (Wildman–Crippen MR) is 71.0 cm³/mol. The third-order valence-corrected chi connectivity index (χ3v) is 3.25. The van der Waals surface area contributed by atoms with Crippen LogP contribution in [0.4, 0.5) is 5.69 Å². The quantitative estimate of drug-likeness (QED) is 0.334. The maximum Gasteiger partial charge on any atom is 0.213 e. The van der Waals surface area contributed by atoms with E-state index in [1.165, 1.54) is 0 Å². The van der Waals surface area contributed by atoms with Gasteiger partial charge in [-0.25, -0.2) is 0 Å². The Morgan fingerprint density at radius 1 is 1.18 bits per heavy atom. The summed E-state index contributed by atoms with van der Waals surface area (Å²) in [4.78, 5) is 4.20. The first-order chi connectivity index (χ1) is 8.22. The number of piperazine rings is 1. The maximum atomic E-state index is 6.16. The van der Waals surface area contributed by atoms with Crippen LogP contribution in [0, 0.1) is 0 Å². The van der Waals surface area contributed by atoms with Crippen LogP contribution in [0.1, 0.15) is 0 Å². The number of hydrogen-bond acceptors (Lipinski definition) is 3. The zero-order valence-electron chi connectivity index (χ0n) is 9.51. The van der Waals surface area contributed by atoms with Crippen molar-refractivity contribution in [3.05, 3.63) is 29.3 Å². The third-order valence-electron chi connectivity index (χ3n) is 2.93. The molecule has 0 spiro atoms. The van der Waals surface area contributed by atoms with Crippen molar-refractivity contribution in [2.45, 2.75) is 0 Å². The number of hydrazone groups is 1. The summed E-state index contributed by atoms with van der Waals surface area (Å²) in [6.45, 7) is 3.33. The van der Waals surface area contributed by atoms with Gasteiger partial charge in [0.1, 0.15) is 0 Å². The van der Waals surface area contributed by atoms with Crippen LogP contribution in [-0.4, -0.2) is 37.0 Å². The number of guanidine groups is 1. The predicted octanol–water partition coefficient (Wildman–Crippen LogP) is 0.650. The highest BCUT2D eigenvalue weighted by Crippen LogP contribution is 2.25.